The zero-order chi connectivity index (χ0) is 19.6. The maximum Gasteiger partial charge on any atom is 0.233 e. The molecule has 3 rings (SSSR count). The Morgan fingerprint density at radius 2 is 1.85 bits per heavy atom. The average molecular weight is 372 g/mol. The first kappa shape index (κ1) is 19.4. The van der Waals surface area contributed by atoms with Crippen molar-refractivity contribution >= 4 is 17.7 Å². The number of nitrogens with one attached hydrogen (secondary N) is 1. The van der Waals surface area contributed by atoms with Crippen LogP contribution in [0.5, 0.6) is 5.75 Å². The molecule has 2 fully saturated rings. The summed E-state index contributed by atoms with van der Waals surface area (Å²) < 4.78 is 5.38. The maximum atomic E-state index is 12.5. The van der Waals surface area contributed by atoms with Crippen LogP contribution in [0.2, 0.25) is 0 Å². The molecule has 3 atom stereocenters. The zero-order valence-corrected chi connectivity index (χ0v) is 16.3. The molecule has 3 amide bonds. The molecule has 2 aliphatic rings. The molecule has 1 aliphatic heterocycles. The lowest BCUT2D eigenvalue weighted by molar-refractivity contribution is -0.140. The number of methoxy groups -OCH3 is 1. The van der Waals surface area contributed by atoms with E-state index in [9.17, 15) is 14.4 Å². The highest BCUT2D eigenvalue weighted by Gasteiger charge is 2.47. The number of carbonyl (C=O) groups excluding carboxylic acids is 3. The Labute approximate surface area is 160 Å². The van der Waals surface area contributed by atoms with Gasteiger partial charge >= 0.3 is 0 Å². The quantitative estimate of drug-likeness (QED) is 0.779. The lowest BCUT2D eigenvalue weighted by Crippen LogP contribution is -2.36. The molecule has 0 bridgehead atoms. The Morgan fingerprint density at radius 3 is 2.44 bits per heavy atom. The minimum absolute atomic E-state index is 0.0918. The molecule has 1 aromatic rings. The summed E-state index contributed by atoms with van der Waals surface area (Å²) in [6.07, 6.45) is 3.72. The van der Waals surface area contributed by atoms with E-state index in [0.29, 0.717) is 0 Å². The van der Waals surface area contributed by atoms with E-state index in [2.05, 4.69) is 5.32 Å². The third kappa shape index (κ3) is 3.99. The Kier molecular flexibility index (Phi) is 5.82. The van der Waals surface area contributed by atoms with Crippen molar-refractivity contribution in [3.63, 3.8) is 0 Å². The smallest absolute Gasteiger partial charge is 0.233 e. The SMILES string of the molecule is COc1ccc(C)cc1[C@@H](C)NC(=O)CCN1C(=O)[C@H]2CCCC[C@H]2C1=O. The van der Waals surface area contributed by atoms with Gasteiger partial charge in [-0.1, -0.05) is 30.5 Å². The van der Waals surface area contributed by atoms with Crippen molar-refractivity contribution in [1.82, 2.24) is 10.2 Å². The lowest BCUT2D eigenvalue weighted by atomic mass is 9.81. The highest BCUT2D eigenvalue weighted by molar-refractivity contribution is 6.05. The highest BCUT2D eigenvalue weighted by atomic mass is 16.5. The van der Waals surface area contributed by atoms with Crippen LogP contribution in [0, 0.1) is 18.8 Å². The molecule has 0 unspecified atom stereocenters. The van der Waals surface area contributed by atoms with Crippen molar-refractivity contribution in [2.45, 2.75) is 52.0 Å². The normalized spacial score (nSPS) is 23.1. The molecule has 6 nitrogen and oxygen atoms in total. The van der Waals surface area contributed by atoms with Crippen LogP contribution in [-0.4, -0.2) is 36.3 Å². The number of imide groups is 1. The number of nitrogens with zero attached hydrogens (tertiary/aromatic N) is 1. The van der Waals surface area contributed by atoms with Gasteiger partial charge in [0.05, 0.1) is 25.0 Å². The van der Waals surface area contributed by atoms with Crippen molar-refractivity contribution in [1.29, 1.82) is 0 Å². The van der Waals surface area contributed by atoms with Crippen LogP contribution in [-0.2, 0) is 14.4 Å². The Morgan fingerprint density at radius 1 is 1.22 bits per heavy atom. The summed E-state index contributed by atoms with van der Waals surface area (Å²) in [4.78, 5) is 38.7. The van der Waals surface area contributed by atoms with Crippen molar-refractivity contribution in [3.8, 4) is 5.75 Å². The summed E-state index contributed by atoms with van der Waals surface area (Å²) in [6, 6.07) is 5.61. The number of carbonyl (C=O) groups is 3. The summed E-state index contributed by atoms with van der Waals surface area (Å²) in [6.45, 7) is 4.05. The summed E-state index contributed by atoms with van der Waals surface area (Å²) in [5, 5.41) is 2.95. The van der Waals surface area contributed by atoms with E-state index in [0.717, 1.165) is 42.6 Å². The second-order valence-corrected chi connectivity index (χ2v) is 7.61. The molecule has 1 N–H and O–H groups in total. The first-order valence-electron chi connectivity index (χ1n) is 9.71. The van der Waals surface area contributed by atoms with Crippen molar-refractivity contribution < 1.29 is 19.1 Å². The second kappa shape index (κ2) is 8.11. The van der Waals surface area contributed by atoms with Crippen LogP contribution >= 0.6 is 0 Å². The largest absolute Gasteiger partial charge is 0.496 e. The van der Waals surface area contributed by atoms with Crippen molar-refractivity contribution in [2.75, 3.05) is 13.7 Å². The Hall–Kier alpha value is -2.37. The van der Waals surface area contributed by atoms with E-state index >= 15 is 0 Å². The molecule has 1 aliphatic carbocycles. The van der Waals surface area contributed by atoms with Crippen LogP contribution < -0.4 is 10.1 Å². The third-order valence-corrected chi connectivity index (χ3v) is 5.72. The second-order valence-electron chi connectivity index (χ2n) is 7.61. The predicted octanol–water partition coefficient (Wildman–Crippen LogP) is 2.75. The van der Waals surface area contributed by atoms with Gasteiger partial charge in [0.2, 0.25) is 17.7 Å². The zero-order valence-electron chi connectivity index (χ0n) is 16.3. The maximum absolute atomic E-state index is 12.5. The van der Waals surface area contributed by atoms with Crippen LogP contribution in [0.3, 0.4) is 0 Å². The number of aryl methyl sites for hydroxylation is 1. The molecule has 1 aromatic carbocycles. The summed E-state index contributed by atoms with van der Waals surface area (Å²) >= 11 is 0. The summed E-state index contributed by atoms with van der Waals surface area (Å²) in [5.74, 6) is 0.0373. The van der Waals surface area contributed by atoms with E-state index < -0.39 is 0 Å². The number of benzene rings is 1. The topological polar surface area (TPSA) is 75.7 Å². The fourth-order valence-electron chi connectivity index (χ4n) is 4.25. The molecule has 0 aromatic heterocycles. The van der Waals surface area contributed by atoms with Gasteiger partial charge in [-0.25, -0.2) is 0 Å². The first-order chi connectivity index (χ1) is 12.9. The number of amides is 3. The average Bonchev–Trinajstić information content (AvgIpc) is 2.91. The van der Waals surface area contributed by atoms with E-state index in [1.807, 2.05) is 32.0 Å². The molecule has 6 heteroatoms. The minimum atomic E-state index is -0.222. The van der Waals surface area contributed by atoms with Crippen LogP contribution in [0.15, 0.2) is 18.2 Å². The summed E-state index contributed by atoms with van der Waals surface area (Å²) in [7, 11) is 1.60. The van der Waals surface area contributed by atoms with Gasteiger partial charge in [-0.05, 0) is 32.8 Å². The number of ether oxygens (including phenoxy) is 1. The molecule has 1 saturated heterocycles. The van der Waals surface area contributed by atoms with E-state index in [1.165, 1.54) is 4.90 Å². The van der Waals surface area contributed by atoms with Gasteiger partial charge in [0.15, 0.2) is 0 Å². The third-order valence-electron chi connectivity index (χ3n) is 5.72. The van der Waals surface area contributed by atoms with Crippen molar-refractivity contribution in [2.24, 2.45) is 11.8 Å². The monoisotopic (exact) mass is 372 g/mol. The predicted molar refractivity (Wildman–Crippen MR) is 101 cm³/mol. The molecular weight excluding hydrogens is 344 g/mol. The van der Waals surface area contributed by atoms with Crippen LogP contribution in [0.4, 0.5) is 0 Å². The molecular formula is C21H28N2O4. The molecule has 27 heavy (non-hydrogen) atoms. The number of fused-ring (bicyclic) bond motifs is 1. The fraction of sp³-hybridized carbons (Fsp3) is 0.571. The first-order valence-corrected chi connectivity index (χ1v) is 9.71. The fourth-order valence-corrected chi connectivity index (χ4v) is 4.25. The number of hydrogen-bond acceptors (Lipinski definition) is 4. The van der Waals surface area contributed by atoms with Gasteiger partial charge in [0, 0.05) is 18.5 Å². The van der Waals surface area contributed by atoms with Gasteiger partial charge in [0.25, 0.3) is 0 Å². The van der Waals surface area contributed by atoms with Gasteiger partial charge in [0.1, 0.15) is 5.75 Å². The van der Waals surface area contributed by atoms with Gasteiger partial charge in [-0.2, -0.15) is 0 Å². The summed E-state index contributed by atoms with van der Waals surface area (Å²) in [5.41, 5.74) is 1.99. The number of hydrogen-bond donors (Lipinski definition) is 1. The molecule has 0 radical (unpaired) electrons. The minimum Gasteiger partial charge on any atom is -0.496 e. The van der Waals surface area contributed by atoms with Crippen LogP contribution in [0.1, 0.15) is 56.2 Å². The standard InChI is InChI=1S/C21H28N2O4/c1-13-8-9-18(27-3)17(12-13)14(2)22-19(24)10-11-23-20(25)15-6-4-5-7-16(15)21(23)26/h8-9,12,14-16H,4-7,10-11H2,1-3H3,(H,22,24)/t14-,15-,16+/m1/s1. The Bertz CT molecular complexity index is 722. The molecule has 146 valence electrons. The van der Waals surface area contributed by atoms with Crippen LogP contribution in [0.25, 0.3) is 0 Å². The van der Waals surface area contributed by atoms with E-state index in [4.69, 9.17) is 4.74 Å². The number of rotatable bonds is 6. The van der Waals surface area contributed by atoms with Crippen molar-refractivity contribution in [3.05, 3.63) is 29.3 Å². The highest BCUT2D eigenvalue weighted by Crippen LogP contribution is 2.38. The van der Waals surface area contributed by atoms with Gasteiger partial charge in [-0.3, -0.25) is 19.3 Å². The molecule has 0 spiro atoms. The van der Waals surface area contributed by atoms with E-state index in [1.54, 1.807) is 7.11 Å². The lowest BCUT2D eigenvalue weighted by Gasteiger charge is -2.19. The van der Waals surface area contributed by atoms with E-state index in [-0.39, 0.29) is 48.6 Å². The number of likely N-dealkylation sites (tertiary alicyclic amines) is 1. The van der Waals surface area contributed by atoms with Gasteiger partial charge < -0.3 is 10.1 Å². The van der Waals surface area contributed by atoms with Gasteiger partial charge in [-0.15, -0.1) is 0 Å². The molecule has 1 heterocycles. The molecule has 1 saturated carbocycles. The Balaban J connectivity index is 1.58.